The number of hydrogen-bond donors (Lipinski definition) is 2. The molecule has 0 radical (unpaired) electrons. The molecule has 10 heteroatoms. The molecule has 0 bridgehead atoms. The molecule has 2 aromatic rings. The average molecular weight is 450 g/mol. The second-order valence-electron chi connectivity index (χ2n) is 7.93. The van der Waals surface area contributed by atoms with E-state index in [4.69, 9.17) is 0 Å². The molecule has 0 atom stereocenters. The Morgan fingerprint density at radius 3 is 2.50 bits per heavy atom. The van der Waals surface area contributed by atoms with Crippen molar-refractivity contribution in [3.05, 3.63) is 58.9 Å². The van der Waals surface area contributed by atoms with Gasteiger partial charge in [-0.2, -0.15) is 13.2 Å². The van der Waals surface area contributed by atoms with E-state index in [1.807, 2.05) is 6.07 Å². The Bertz CT molecular complexity index is 1050. The third kappa shape index (κ3) is 4.21. The van der Waals surface area contributed by atoms with Gasteiger partial charge in [0.1, 0.15) is 5.82 Å². The number of anilines is 2. The van der Waals surface area contributed by atoms with Crippen LogP contribution in [0.2, 0.25) is 0 Å². The summed E-state index contributed by atoms with van der Waals surface area (Å²) in [5.41, 5.74) is 1.44. The van der Waals surface area contributed by atoms with Crippen LogP contribution < -0.4 is 10.6 Å². The summed E-state index contributed by atoms with van der Waals surface area (Å²) >= 11 is 0. The number of nitrogens with one attached hydrogen (secondary N) is 2. The van der Waals surface area contributed by atoms with Gasteiger partial charge in [-0.1, -0.05) is 12.1 Å². The summed E-state index contributed by atoms with van der Waals surface area (Å²) in [6.45, 7) is 1.68. The van der Waals surface area contributed by atoms with Crippen molar-refractivity contribution in [1.29, 1.82) is 0 Å². The highest BCUT2D eigenvalue weighted by molar-refractivity contribution is 5.84. The normalized spacial score (nSPS) is 16.3. The number of benzene rings is 2. The van der Waals surface area contributed by atoms with Crippen molar-refractivity contribution in [1.82, 2.24) is 15.1 Å². The van der Waals surface area contributed by atoms with E-state index >= 15 is 0 Å². The van der Waals surface area contributed by atoms with Gasteiger partial charge in [-0.3, -0.25) is 4.79 Å². The molecule has 0 unspecified atom stereocenters. The van der Waals surface area contributed by atoms with Crippen LogP contribution in [0, 0.1) is 11.7 Å². The molecule has 3 amide bonds. The summed E-state index contributed by atoms with van der Waals surface area (Å²) in [6.07, 6.45) is -4.19. The Balaban J connectivity index is 1.45. The highest BCUT2D eigenvalue weighted by atomic mass is 19.4. The number of nitrogens with zero attached hydrogens (tertiary/aromatic N) is 2. The number of urea groups is 1. The topological polar surface area (TPSA) is 64.7 Å². The molecule has 0 spiro atoms. The van der Waals surface area contributed by atoms with Crippen LogP contribution in [0.3, 0.4) is 0 Å². The molecular formula is C22H22F4N4O2. The second-order valence-corrected chi connectivity index (χ2v) is 7.93. The average Bonchev–Trinajstić information content (AvgIpc) is 2.71. The Kier molecular flexibility index (Phi) is 5.70. The van der Waals surface area contributed by atoms with E-state index in [9.17, 15) is 27.2 Å². The Hall–Kier alpha value is -3.30. The van der Waals surface area contributed by atoms with Gasteiger partial charge in [0.15, 0.2) is 0 Å². The number of carbonyl (C=O) groups is 2. The third-order valence-electron chi connectivity index (χ3n) is 5.86. The Labute approximate surface area is 182 Å². The molecule has 2 heterocycles. The molecule has 2 aromatic carbocycles. The summed E-state index contributed by atoms with van der Waals surface area (Å²) in [6, 6.07) is 7.99. The summed E-state index contributed by atoms with van der Waals surface area (Å²) in [4.78, 5) is 27.7. The molecule has 6 nitrogen and oxygen atoms in total. The lowest BCUT2D eigenvalue weighted by Crippen LogP contribution is -2.58. The van der Waals surface area contributed by atoms with Crippen LogP contribution >= 0.6 is 0 Å². The van der Waals surface area contributed by atoms with Crippen molar-refractivity contribution < 1.29 is 27.2 Å². The standard InChI is InChI=1S/C22H22F4N4O2/c1-27-21(32)30-11-14(12-30)20(31)29-8-7-16-13(10-29)3-2-4-19(16)28-15-5-6-17(18(23)9-15)22(24,25)26/h2-6,9,14,28H,7-8,10-12H2,1H3,(H,27,32). The molecule has 32 heavy (non-hydrogen) atoms. The van der Waals surface area contributed by atoms with Crippen molar-refractivity contribution in [2.45, 2.75) is 19.1 Å². The van der Waals surface area contributed by atoms with Gasteiger partial charge in [-0.25, -0.2) is 9.18 Å². The number of amides is 3. The van der Waals surface area contributed by atoms with Crippen LogP contribution in [0.15, 0.2) is 36.4 Å². The minimum absolute atomic E-state index is 0.000948. The largest absolute Gasteiger partial charge is 0.419 e. The summed E-state index contributed by atoms with van der Waals surface area (Å²) < 4.78 is 52.3. The van der Waals surface area contributed by atoms with Gasteiger partial charge in [-0.05, 0) is 41.8 Å². The number of halogens is 4. The zero-order chi connectivity index (χ0) is 23.0. The first kappa shape index (κ1) is 21.9. The van der Waals surface area contributed by atoms with E-state index in [0.29, 0.717) is 44.4 Å². The first-order valence-electron chi connectivity index (χ1n) is 10.2. The number of hydrogen-bond acceptors (Lipinski definition) is 3. The van der Waals surface area contributed by atoms with Gasteiger partial charge >= 0.3 is 12.2 Å². The van der Waals surface area contributed by atoms with Crippen LogP contribution in [0.4, 0.5) is 33.7 Å². The van der Waals surface area contributed by atoms with Crippen LogP contribution in [0.25, 0.3) is 0 Å². The van der Waals surface area contributed by atoms with Gasteiger partial charge in [0.25, 0.3) is 0 Å². The van der Waals surface area contributed by atoms with Gasteiger partial charge in [-0.15, -0.1) is 0 Å². The molecule has 1 fully saturated rings. The van der Waals surface area contributed by atoms with Crippen LogP contribution in [-0.2, 0) is 23.9 Å². The van der Waals surface area contributed by atoms with Gasteiger partial charge < -0.3 is 20.4 Å². The predicted molar refractivity (Wildman–Crippen MR) is 110 cm³/mol. The van der Waals surface area contributed by atoms with Gasteiger partial charge in [0, 0.05) is 44.6 Å². The van der Waals surface area contributed by atoms with Gasteiger partial charge in [0.05, 0.1) is 11.5 Å². The minimum atomic E-state index is -4.75. The molecular weight excluding hydrogens is 428 g/mol. The molecule has 4 rings (SSSR count). The SMILES string of the molecule is CNC(=O)N1CC(C(=O)N2CCc3c(cccc3Nc3ccc(C(F)(F)F)c(F)c3)C2)C1. The molecule has 0 aromatic heterocycles. The maximum Gasteiger partial charge on any atom is 0.419 e. The monoisotopic (exact) mass is 450 g/mol. The zero-order valence-corrected chi connectivity index (χ0v) is 17.3. The number of fused-ring (bicyclic) bond motifs is 1. The molecule has 1 saturated heterocycles. The lowest BCUT2D eigenvalue weighted by atomic mass is 9.94. The molecule has 0 saturated carbocycles. The predicted octanol–water partition coefficient (Wildman–Crippen LogP) is 3.74. The number of alkyl halides is 3. The fraction of sp³-hybridized carbons (Fsp3) is 0.364. The number of carbonyl (C=O) groups excluding carboxylic acids is 2. The van der Waals surface area contributed by atoms with E-state index in [2.05, 4.69) is 10.6 Å². The fourth-order valence-electron chi connectivity index (χ4n) is 4.11. The summed E-state index contributed by atoms with van der Waals surface area (Å²) in [5.74, 6) is -1.56. The van der Waals surface area contributed by atoms with E-state index in [0.717, 1.165) is 17.2 Å². The molecule has 2 aliphatic heterocycles. The molecule has 2 aliphatic rings. The summed E-state index contributed by atoms with van der Waals surface area (Å²) in [5, 5.41) is 5.54. The maximum absolute atomic E-state index is 13.9. The van der Waals surface area contributed by atoms with Crippen molar-refractivity contribution in [2.24, 2.45) is 5.92 Å². The second kappa shape index (κ2) is 8.33. The van der Waals surface area contributed by atoms with Gasteiger partial charge in [0.2, 0.25) is 5.91 Å². The minimum Gasteiger partial charge on any atom is -0.355 e. The third-order valence-corrected chi connectivity index (χ3v) is 5.86. The molecule has 2 N–H and O–H groups in total. The first-order chi connectivity index (χ1) is 15.2. The van der Waals surface area contributed by atoms with Crippen molar-refractivity contribution >= 4 is 23.3 Å². The maximum atomic E-state index is 13.9. The van der Waals surface area contributed by atoms with Crippen molar-refractivity contribution in [3.8, 4) is 0 Å². The lowest BCUT2D eigenvalue weighted by Gasteiger charge is -2.41. The first-order valence-corrected chi connectivity index (χ1v) is 10.2. The highest BCUT2D eigenvalue weighted by Gasteiger charge is 2.38. The van der Waals surface area contributed by atoms with E-state index in [1.165, 1.54) is 6.07 Å². The lowest BCUT2D eigenvalue weighted by molar-refractivity contribution is -0.141. The fourth-order valence-corrected chi connectivity index (χ4v) is 4.11. The van der Waals surface area contributed by atoms with E-state index in [-0.39, 0.29) is 23.5 Å². The number of rotatable bonds is 3. The Morgan fingerprint density at radius 2 is 1.84 bits per heavy atom. The number of likely N-dealkylation sites (tertiary alicyclic amines) is 1. The quantitative estimate of drug-likeness (QED) is 0.701. The van der Waals surface area contributed by atoms with Crippen LogP contribution in [-0.4, -0.2) is 48.4 Å². The van der Waals surface area contributed by atoms with Crippen molar-refractivity contribution in [3.63, 3.8) is 0 Å². The van der Waals surface area contributed by atoms with Crippen LogP contribution in [0.1, 0.15) is 16.7 Å². The smallest absolute Gasteiger partial charge is 0.355 e. The summed E-state index contributed by atoms with van der Waals surface area (Å²) in [7, 11) is 1.55. The molecule has 170 valence electrons. The zero-order valence-electron chi connectivity index (χ0n) is 17.3. The van der Waals surface area contributed by atoms with Crippen molar-refractivity contribution in [2.75, 3.05) is 32.0 Å². The van der Waals surface area contributed by atoms with E-state index < -0.39 is 17.6 Å². The van der Waals surface area contributed by atoms with Crippen LogP contribution in [0.5, 0.6) is 0 Å². The highest BCUT2D eigenvalue weighted by Crippen LogP contribution is 2.34. The van der Waals surface area contributed by atoms with E-state index in [1.54, 1.807) is 29.0 Å². The molecule has 0 aliphatic carbocycles. The Morgan fingerprint density at radius 1 is 1.09 bits per heavy atom.